The highest BCUT2D eigenvalue weighted by Crippen LogP contribution is 2.29. The molecule has 1 aromatic heterocycles. The average Bonchev–Trinajstić information content (AvgIpc) is 3.19. The second-order valence-corrected chi connectivity index (χ2v) is 6.29. The number of carbonyl (C=O) groups excluding carboxylic acids is 1. The Morgan fingerprint density at radius 3 is 2.41 bits per heavy atom. The molecule has 5 nitrogen and oxygen atoms in total. The zero-order valence-electron chi connectivity index (χ0n) is 11.7. The molecule has 2 aromatic rings. The lowest BCUT2D eigenvalue weighted by Gasteiger charge is -2.07. The molecule has 0 aliphatic heterocycles. The van der Waals surface area contributed by atoms with Gasteiger partial charge in [0.2, 0.25) is 0 Å². The van der Waals surface area contributed by atoms with Crippen LogP contribution in [0.1, 0.15) is 32.2 Å². The van der Waals surface area contributed by atoms with Crippen LogP contribution in [-0.2, 0) is 0 Å². The number of aromatic carboxylic acids is 1. The molecule has 3 rings (SSSR count). The lowest BCUT2D eigenvalue weighted by atomic mass is 10.3. The number of benzene rings is 1. The third kappa shape index (κ3) is 3.65. The van der Waals surface area contributed by atoms with Crippen molar-refractivity contribution in [2.24, 2.45) is 5.92 Å². The number of carbonyl (C=O) groups is 2. The molecular formula is C16H15NO4S. The second kappa shape index (κ2) is 6.19. The van der Waals surface area contributed by atoms with Gasteiger partial charge in [-0.05, 0) is 55.2 Å². The van der Waals surface area contributed by atoms with Crippen LogP contribution in [0.2, 0.25) is 0 Å². The number of hydrogen-bond acceptors (Lipinski definition) is 4. The van der Waals surface area contributed by atoms with Gasteiger partial charge in [0, 0.05) is 5.69 Å². The maximum absolute atomic E-state index is 12.0. The summed E-state index contributed by atoms with van der Waals surface area (Å²) in [6, 6.07) is 10.1. The van der Waals surface area contributed by atoms with Gasteiger partial charge in [-0.15, -0.1) is 11.3 Å². The third-order valence-electron chi connectivity index (χ3n) is 3.34. The summed E-state index contributed by atoms with van der Waals surface area (Å²) in [7, 11) is 0. The van der Waals surface area contributed by atoms with Crippen molar-refractivity contribution >= 4 is 28.9 Å². The molecule has 0 spiro atoms. The predicted molar refractivity (Wildman–Crippen MR) is 83.9 cm³/mol. The Kier molecular flexibility index (Phi) is 4.11. The van der Waals surface area contributed by atoms with Crippen LogP contribution in [-0.4, -0.2) is 23.6 Å². The lowest BCUT2D eigenvalue weighted by molar-refractivity contribution is 0.0702. The molecule has 22 heavy (non-hydrogen) atoms. The summed E-state index contributed by atoms with van der Waals surface area (Å²) in [4.78, 5) is 23.4. The number of ether oxygens (including phenoxy) is 1. The number of carboxylic acid groups (broad SMARTS) is 1. The monoisotopic (exact) mass is 317 g/mol. The molecule has 0 unspecified atom stereocenters. The van der Waals surface area contributed by atoms with Crippen molar-refractivity contribution in [3.63, 3.8) is 0 Å². The first kappa shape index (κ1) is 14.6. The molecule has 1 heterocycles. The van der Waals surface area contributed by atoms with E-state index in [1.807, 2.05) is 12.1 Å². The first-order chi connectivity index (χ1) is 10.6. The van der Waals surface area contributed by atoms with E-state index in [2.05, 4.69) is 5.32 Å². The lowest BCUT2D eigenvalue weighted by Crippen LogP contribution is -2.10. The summed E-state index contributed by atoms with van der Waals surface area (Å²) in [5.74, 6) is 0.140. The number of rotatable bonds is 6. The highest BCUT2D eigenvalue weighted by atomic mass is 32.1. The van der Waals surface area contributed by atoms with Crippen molar-refractivity contribution in [2.75, 3.05) is 11.9 Å². The van der Waals surface area contributed by atoms with Gasteiger partial charge in [0.1, 0.15) is 10.6 Å². The van der Waals surface area contributed by atoms with Gasteiger partial charge in [-0.1, -0.05) is 0 Å². The van der Waals surface area contributed by atoms with E-state index in [1.54, 1.807) is 12.1 Å². The number of amides is 1. The third-order valence-corrected chi connectivity index (χ3v) is 4.41. The topological polar surface area (TPSA) is 75.6 Å². The summed E-state index contributed by atoms with van der Waals surface area (Å²) in [5.41, 5.74) is 0.647. The molecule has 2 N–H and O–H groups in total. The van der Waals surface area contributed by atoms with Gasteiger partial charge in [0.15, 0.2) is 0 Å². The predicted octanol–water partition coefficient (Wildman–Crippen LogP) is 3.49. The summed E-state index contributed by atoms with van der Waals surface area (Å²) >= 11 is 0.953. The van der Waals surface area contributed by atoms with Gasteiger partial charge in [-0.2, -0.15) is 0 Å². The van der Waals surface area contributed by atoms with Crippen molar-refractivity contribution in [3.05, 3.63) is 46.2 Å². The van der Waals surface area contributed by atoms with Crippen LogP contribution in [0.25, 0.3) is 0 Å². The van der Waals surface area contributed by atoms with E-state index in [1.165, 1.54) is 25.0 Å². The molecule has 1 amide bonds. The zero-order chi connectivity index (χ0) is 15.5. The number of anilines is 1. The van der Waals surface area contributed by atoms with E-state index in [-0.39, 0.29) is 10.8 Å². The number of thiophene rings is 1. The first-order valence-electron chi connectivity index (χ1n) is 6.99. The fourth-order valence-corrected chi connectivity index (χ4v) is 2.64. The maximum Gasteiger partial charge on any atom is 0.345 e. The minimum Gasteiger partial charge on any atom is -0.493 e. The quantitative estimate of drug-likeness (QED) is 0.855. The first-order valence-corrected chi connectivity index (χ1v) is 7.81. The van der Waals surface area contributed by atoms with Crippen LogP contribution < -0.4 is 10.1 Å². The van der Waals surface area contributed by atoms with E-state index in [0.29, 0.717) is 16.5 Å². The van der Waals surface area contributed by atoms with Crippen LogP contribution in [0.5, 0.6) is 5.75 Å². The number of hydrogen-bond donors (Lipinski definition) is 2. The Balaban J connectivity index is 1.58. The van der Waals surface area contributed by atoms with Gasteiger partial charge >= 0.3 is 5.97 Å². The normalized spacial score (nSPS) is 13.6. The van der Waals surface area contributed by atoms with Crippen LogP contribution in [0.4, 0.5) is 5.69 Å². The minimum absolute atomic E-state index is 0.147. The minimum atomic E-state index is -1.03. The zero-order valence-corrected chi connectivity index (χ0v) is 12.6. The molecule has 1 aliphatic carbocycles. The summed E-state index contributed by atoms with van der Waals surface area (Å²) in [6.45, 7) is 0.749. The van der Waals surface area contributed by atoms with Crippen LogP contribution in [0.15, 0.2) is 36.4 Å². The molecule has 1 saturated carbocycles. The highest BCUT2D eigenvalue weighted by Gasteiger charge is 2.21. The Hall–Kier alpha value is -2.34. The van der Waals surface area contributed by atoms with Crippen molar-refractivity contribution in [2.45, 2.75) is 12.8 Å². The van der Waals surface area contributed by atoms with E-state index in [9.17, 15) is 9.59 Å². The van der Waals surface area contributed by atoms with Gasteiger partial charge in [-0.25, -0.2) is 4.79 Å². The van der Waals surface area contributed by atoms with Crippen molar-refractivity contribution in [3.8, 4) is 5.75 Å². The standard InChI is InChI=1S/C16H15NO4S/c18-15(13-7-8-14(22-13)16(19)20)17-11-3-5-12(6-4-11)21-9-10-1-2-10/h3-8,10H,1-2,9H2,(H,17,18)(H,19,20). The Bertz CT molecular complexity index is 688. The largest absolute Gasteiger partial charge is 0.493 e. The van der Waals surface area contributed by atoms with E-state index >= 15 is 0 Å². The smallest absolute Gasteiger partial charge is 0.345 e. The van der Waals surface area contributed by atoms with E-state index < -0.39 is 5.97 Å². The van der Waals surface area contributed by atoms with Gasteiger partial charge in [0.25, 0.3) is 5.91 Å². The molecule has 6 heteroatoms. The fourth-order valence-electron chi connectivity index (χ4n) is 1.90. The Morgan fingerprint density at radius 1 is 1.14 bits per heavy atom. The Labute approximate surface area is 131 Å². The summed E-state index contributed by atoms with van der Waals surface area (Å²) in [5, 5.41) is 11.6. The van der Waals surface area contributed by atoms with Crippen LogP contribution >= 0.6 is 11.3 Å². The molecular weight excluding hydrogens is 302 g/mol. The Morgan fingerprint density at radius 2 is 1.82 bits per heavy atom. The van der Waals surface area contributed by atoms with E-state index in [4.69, 9.17) is 9.84 Å². The van der Waals surface area contributed by atoms with Gasteiger partial charge < -0.3 is 15.2 Å². The van der Waals surface area contributed by atoms with Crippen LogP contribution in [0, 0.1) is 5.92 Å². The summed E-state index contributed by atoms with van der Waals surface area (Å²) in [6.07, 6.45) is 2.49. The SMILES string of the molecule is O=C(O)c1ccc(C(=O)Nc2ccc(OCC3CC3)cc2)s1. The second-order valence-electron chi connectivity index (χ2n) is 5.20. The van der Waals surface area contributed by atoms with Crippen molar-refractivity contribution in [1.29, 1.82) is 0 Å². The number of carboxylic acids is 1. The van der Waals surface area contributed by atoms with Crippen molar-refractivity contribution in [1.82, 2.24) is 0 Å². The fraction of sp³-hybridized carbons (Fsp3) is 0.250. The summed E-state index contributed by atoms with van der Waals surface area (Å²) < 4.78 is 5.63. The molecule has 0 radical (unpaired) electrons. The molecule has 0 atom stereocenters. The molecule has 1 aromatic carbocycles. The van der Waals surface area contributed by atoms with Crippen LogP contribution in [0.3, 0.4) is 0 Å². The highest BCUT2D eigenvalue weighted by molar-refractivity contribution is 7.15. The molecule has 114 valence electrons. The van der Waals surface area contributed by atoms with Crippen molar-refractivity contribution < 1.29 is 19.4 Å². The molecule has 0 saturated heterocycles. The van der Waals surface area contributed by atoms with Gasteiger partial charge in [0.05, 0.1) is 11.5 Å². The molecule has 1 aliphatic rings. The molecule has 1 fully saturated rings. The molecule has 0 bridgehead atoms. The average molecular weight is 317 g/mol. The van der Waals surface area contributed by atoms with E-state index in [0.717, 1.165) is 23.7 Å². The maximum atomic E-state index is 12.0. The van der Waals surface area contributed by atoms with Gasteiger partial charge in [-0.3, -0.25) is 4.79 Å². The number of nitrogens with one attached hydrogen (secondary N) is 1.